The Bertz CT molecular complexity index is 575. The molecule has 3 nitrogen and oxygen atoms in total. The molecule has 0 aliphatic heterocycles. The third-order valence-corrected chi connectivity index (χ3v) is 3.47. The van der Waals surface area contributed by atoms with Gasteiger partial charge in [-0.2, -0.15) is 0 Å². The van der Waals surface area contributed by atoms with E-state index in [1.54, 1.807) is 7.11 Å². The average molecular weight is 278 g/mol. The molecule has 1 heterocycles. The van der Waals surface area contributed by atoms with Crippen LogP contribution in [0.15, 0.2) is 34.7 Å². The second-order valence-corrected chi connectivity index (χ2v) is 5.20. The quantitative estimate of drug-likeness (QED) is 0.901. The summed E-state index contributed by atoms with van der Waals surface area (Å²) in [6.07, 6.45) is 2.55. The molecule has 19 heavy (non-hydrogen) atoms. The standard InChI is InChI=1S/C15H16ClNO2/c1-18-14-6-2-10(16)8-13(14)15-7-5-12(19-15)9-17-11-3-4-11/h2,5-8,11,17H,3-4,9H2,1H3. The summed E-state index contributed by atoms with van der Waals surface area (Å²) in [6.45, 7) is 0.771. The summed E-state index contributed by atoms with van der Waals surface area (Å²) in [5.41, 5.74) is 0.882. The molecule has 1 fully saturated rings. The molecule has 1 aromatic carbocycles. The Morgan fingerprint density at radius 1 is 1.32 bits per heavy atom. The third-order valence-electron chi connectivity index (χ3n) is 3.23. The monoisotopic (exact) mass is 277 g/mol. The van der Waals surface area contributed by atoms with Crippen LogP contribution in [0, 0.1) is 0 Å². The fourth-order valence-corrected chi connectivity index (χ4v) is 2.19. The van der Waals surface area contributed by atoms with Gasteiger partial charge in [0.05, 0.1) is 19.2 Å². The SMILES string of the molecule is COc1ccc(Cl)cc1-c1ccc(CNC2CC2)o1. The van der Waals surface area contributed by atoms with E-state index in [1.165, 1.54) is 12.8 Å². The second-order valence-electron chi connectivity index (χ2n) is 4.77. The Balaban J connectivity index is 1.82. The summed E-state index contributed by atoms with van der Waals surface area (Å²) in [7, 11) is 1.64. The van der Waals surface area contributed by atoms with Gasteiger partial charge < -0.3 is 14.5 Å². The van der Waals surface area contributed by atoms with E-state index in [1.807, 2.05) is 30.3 Å². The van der Waals surface area contributed by atoms with E-state index in [4.69, 9.17) is 20.8 Å². The Morgan fingerprint density at radius 2 is 2.16 bits per heavy atom. The minimum Gasteiger partial charge on any atom is -0.496 e. The number of rotatable bonds is 5. The Labute approximate surface area is 117 Å². The van der Waals surface area contributed by atoms with Crippen LogP contribution >= 0.6 is 11.6 Å². The average Bonchev–Trinajstić information content (AvgIpc) is 3.13. The van der Waals surface area contributed by atoms with Crippen LogP contribution in [0.2, 0.25) is 5.02 Å². The largest absolute Gasteiger partial charge is 0.496 e. The molecule has 3 rings (SSSR count). The van der Waals surface area contributed by atoms with E-state index >= 15 is 0 Å². The van der Waals surface area contributed by atoms with Crippen LogP contribution < -0.4 is 10.1 Å². The highest BCUT2D eigenvalue weighted by molar-refractivity contribution is 6.30. The van der Waals surface area contributed by atoms with Gasteiger partial charge in [0.2, 0.25) is 0 Å². The van der Waals surface area contributed by atoms with E-state index in [2.05, 4.69) is 5.32 Å². The molecular weight excluding hydrogens is 262 g/mol. The number of nitrogens with one attached hydrogen (secondary N) is 1. The van der Waals surface area contributed by atoms with Crippen LogP contribution in [-0.2, 0) is 6.54 Å². The maximum absolute atomic E-state index is 6.03. The minimum absolute atomic E-state index is 0.671. The smallest absolute Gasteiger partial charge is 0.138 e. The van der Waals surface area contributed by atoms with Gasteiger partial charge in [-0.05, 0) is 43.2 Å². The Kier molecular flexibility index (Phi) is 3.49. The number of methoxy groups -OCH3 is 1. The first-order valence-corrected chi connectivity index (χ1v) is 6.80. The van der Waals surface area contributed by atoms with Crippen LogP contribution in [0.4, 0.5) is 0 Å². The molecule has 1 aromatic heterocycles. The lowest BCUT2D eigenvalue weighted by Crippen LogP contribution is -2.14. The van der Waals surface area contributed by atoms with Crippen molar-refractivity contribution in [2.75, 3.05) is 7.11 Å². The van der Waals surface area contributed by atoms with Gasteiger partial charge in [0.1, 0.15) is 17.3 Å². The summed E-state index contributed by atoms with van der Waals surface area (Å²) in [6, 6.07) is 10.1. The van der Waals surface area contributed by atoms with Gasteiger partial charge in [-0.3, -0.25) is 0 Å². The maximum Gasteiger partial charge on any atom is 0.138 e. The molecule has 0 atom stereocenters. The second kappa shape index (κ2) is 5.27. The third kappa shape index (κ3) is 2.94. The molecule has 0 unspecified atom stereocenters. The van der Waals surface area contributed by atoms with Crippen molar-refractivity contribution in [1.82, 2.24) is 5.32 Å². The van der Waals surface area contributed by atoms with Crippen molar-refractivity contribution < 1.29 is 9.15 Å². The number of hydrogen-bond donors (Lipinski definition) is 1. The zero-order chi connectivity index (χ0) is 13.2. The molecule has 1 aliphatic carbocycles. The van der Waals surface area contributed by atoms with Crippen molar-refractivity contribution in [2.45, 2.75) is 25.4 Å². The van der Waals surface area contributed by atoms with Gasteiger partial charge in [-0.25, -0.2) is 0 Å². The highest BCUT2D eigenvalue weighted by Gasteiger charge is 2.20. The van der Waals surface area contributed by atoms with Crippen LogP contribution in [0.3, 0.4) is 0 Å². The van der Waals surface area contributed by atoms with Gasteiger partial charge in [0.25, 0.3) is 0 Å². The van der Waals surface area contributed by atoms with Crippen molar-refractivity contribution in [3.63, 3.8) is 0 Å². The number of benzene rings is 1. The van der Waals surface area contributed by atoms with Crippen molar-refractivity contribution in [2.24, 2.45) is 0 Å². The normalized spacial score (nSPS) is 14.6. The van der Waals surface area contributed by atoms with Crippen LogP contribution in [0.25, 0.3) is 11.3 Å². The summed E-state index contributed by atoms with van der Waals surface area (Å²) < 4.78 is 11.2. The van der Waals surface area contributed by atoms with Gasteiger partial charge in [-0.1, -0.05) is 11.6 Å². The number of furan rings is 1. The molecule has 100 valence electrons. The molecule has 1 N–H and O–H groups in total. The van der Waals surface area contributed by atoms with Crippen molar-refractivity contribution in [3.8, 4) is 17.1 Å². The Hall–Kier alpha value is -1.45. The molecule has 0 bridgehead atoms. The predicted molar refractivity (Wildman–Crippen MR) is 75.6 cm³/mol. The number of hydrogen-bond acceptors (Lipinski definition) is 3. The van der Waals surface area contributed by atoms with E-state index < -0.39 is 0 Å². The summed E-state index contributed by atoms with van der Waals surface area (Å²) in [4.78, 5) is 0. The first-order chi connectivity index (χ1) is 9.26. The lowest BCUT2D eigenvalue weighted by atomic mass is 10.1. The minimum atomic E-state index is 0.671. The molecule has 0 radical (unpaired) electrons. The highest BCUT2D eigenvalue weighted by atomic mass is 35.5. The zero-order valence-corrected chi connectivity index (χ0v) is 11.5. The van der Waals surface area contributed by atoms with E-state index in [9.17, 15) is 0 Å². The fraction of sp³-hybridized carbons (Fsp3) is 0.333. The first-order valence-electron chi connectivity index (χ1n) is 6.42. The molecular formula is C15H16ClNO2. The van der Waals surface area contributed by atoms with Gasteiger partial charge >= 0.3 is 0 Å². The van der Waals surface area contributed by atoms with Gasteiger partial charge in [0.15, 0.2) is 0 Å². The molecule has 2 aromatic rings. The summed E-state index contributed by atoms with van der Waals surface area (Å²) >= 11 is 6.03. The Morgan fingerprint density at radius 3 is 2.89 bits per heavy atom. The van der Waals surface area contributed by atoms with Crippen molar-refractivity contribution in [1.29, 1.82) is 0 Å². The summed E-state index contributed by atoms with van der Waals surface area (Å²) in [5.74, 6) is 2.48. The van der Waals surface area contributed by atoms with Gasteiger partial charge in [0, 0.05) is 11.1 Å². The molecule has 1 aliphatic rings. The molecule has 1 saturated carbocycles. The zero-order valence-electron chi connectivity index (χ0n) is 10.8. The first kappa shape index (κ1) is 12.6. The fourth-order valence-electron chi connectivity index (χ4n) is 2.02. The van der Waals surface area contributed by atoms with E-state index in [0.29, 0.717) is 11.1 Å². The van der Waals surface area contributed by atoms with E-state index in [-0.39, 0.29) is 0 Å². The molecule has 0 amide bonds. The number of ether oxygens (including phenoxy) is 1. The summed E-state index contributed by atoms with van der Waals surface area (Å²) in [5, 5.41) is 4.10. The van der Waals surface area contributed by atoms with Crippen molar-refractivity contribution in [3.05, 3.63) is 41.1 Å². The van der Waals surface area contributed by atoms with Crippen LogP contribution in [-0.4, -0.2) is 13.2 Å². The molecule has 4 heteroatoms. The predicted octanol–water partition coefficient (Wildman–Crippen LogP) is 3.86. The maximum atomic E-state index is 6.03. The van der Waals surface area contributed by atoms with Gasteiger partial charge in [-0.15, -0.1) is 0 Å². The number of halogens is 1. The van der Waals surface area contributed by atoms with Crippen molar-refractivity contribution >= 4 is 11.6 Å². The van der Waals surface area contributed by atoms with Crippen LogP contribution in [0.5, 0.6) is 5.75 Å². The lowest BCUT2D eigenvalue weighted by Gasteiger charge is -2.06. The highest BCUT2D eigenvalue weighted by Crippen LogP contribution is 2.33. The topological polar surface area (TPSA) is 34.4 Å². The lowest BCUT2D eigenvalue weighted by molar-refractivity contribution is 0.413. The molecule has 0 saturated heterocycles. The van der Waals surface area contributed by atoms with E-state index in [0.717, 1.165) is 29.4 Å². The van der Waals surface area contributed by atoms with Crippen LogP contribution in [0.1, 0.15) is 18.6 Å². The molecule has 0 spiro atoms.